The highest BCUT2D eigenvalue weighted by Crippen LogP contribution is 2.37. The lowest BCUT2D eigenvalue weighted by Gasteiger charge is -2.06. The van der Waals surface area contributed by atoms with Crippen LogP contribution in [0.25, 0.3) is 22.5 Å². The maximum atomic E-state index is 11.9. The van der Waals surface area contributed by atoms with Crippen molar-refractivity contribution in [1.29, 1.82) is 0 Å². The Kier molecular flexibility index (Phi) is 3.98. The number of furan rings is 1. The molecule has 4 heteroatoms. The molecule has 1 aliphatic rings. The Morgan fingerprint density at radius 1 is 1.00 bits per heavy atom. The van der Waals surface area contributed by atoms with Crippen LogP contribution in [0.3, 0.4) is 0 Å². The largest absolute Gasteiger partial charge is 0.459 e. The van der Waals surface area contributed by atoms with Crippen molar-refractivity contribution in [3.63, 3.8) is 0 Å². The van der Waals surface area contributed by atoms with E-state index in [0.29, 0.717) is 6.42 Å². The number of carbonyl (C=O) groups excluding carboxylic acids is 1. The van der Waals surface area contributed by atoms with Crippen LogP contribution >= 0.6 is 0 Å². The molecule has 0 saturated heterocycles. The number of aromatic nitrogens is 1. The minimum Gasteiger partial charge on any atom is -0.459 e. The summed E-state index contributed by atoms with van der Waals surface area (Å²) in [5.74, 6) is 2.02. The number of aryl methyl sites for hydroxylation is 1. The lowest BCUT2D eigenvalue weighted by atomic mass is 9.98. The summed E-state index contributed by atoms with van der Waals surface area (Å²) in [6, 6.07) is 12.1. The Morgan fingerprint density at radius 2 is 1.80 bits per heavy atom. The zero-order valence-corrected chi connectivity index (χ0v) is 14.5. The monoisotopic (exact) mass is 332 g/mol. The van der Waals surface area contributed by atoms with Gasteiger partial charge in [-0.1, -0.05) is 18.2 Å². The fourth-order valence-electron chi connectivity index (χ4n) is 3.39. The van der Waals surface area contributed by atoms with Crippen molar-refractivity contribution < 1.29 is 9.21 Å². The molecule has 1 aliphatic carbocycles. The van der Waals surface area contributed by atoms with Crippen molar-refractivity contribution in [2.45, 2.75) is 19.4 Å². The third-order valence-corrected chi connectivity index (χ3v) is 4.54. The second-order valence-corrected chi connectivity index (χ2v) is 6.72. The molecule has 0 radical (unpaired) electrons. The van der Waals surface area contributed by atoms with Crippen molar-refractivity contribution >= 4 is 5.78 Å². The van der Waals surface area contributed by atoms with E-state index in [2.05, 4.69) is 22.0 Å². The van der Waals surface area contributed by atoms with E-state index in [-0.39, 0.29) is 5.78 Å². The number of fused-ring (bicyclic) bond motifs is 1. The first-order valence-corrected chi connectivity index (χ1v) is 8.46. The number of hydrogen-bond acceptors (Lipinski definition) is 4. The molecule has 0 aliphatic heterocycles. The molecule has 3 aromatic rings. The average Bonchev–Trinajstić information content (AvgIpc) is 3.19. The molecule has 4 nitrogen and oxygen atoms in total. The number of benzene rings is 1. The number of Topliss-reactive ketones (excluding diaryl/α,β-unsaturated/α-hetero) is 1. The molecule has 2 aromatic heterocycles. The van der Waals surface area contributed by atoms with Gasteiger partial charge in [0.15, 0.2) is 5.78 Å². The summed E-state index contributed by atoms with van der Waals surface area (Å²) in [4.78, 5) is 18.1. The maximum Gasteiger partial charge on any atom is 0.163 e. The Morgan fingerprint density at radius 3 is 2.56 bits per heavy atom. The van der Waals surface area contributed by atoms with E-state index >= 15 is 0 Å². The van der Waals surface area contributed by atoms with E-state index < -0.39 is 0 Å². The van der Waals surface area contributed by atoms with Gasteiger partial charge in [0.2, 0.25) is 0 Å². The van der Waals surface area contributed by atoms with Crippen LogP contribution in [0, 0.1) is 0 Å². The number of nitrogens with zero attached hydrogens (tertiary/aromatic N) is 2. The topological polar surface area (TPSA) is 46.3 Å². The van der Waals surface area contributed by atoms with E-state index in [4.69, 9.17) is 4.42 Å². The summed E-state index contributed by atoms with van der Waals surface area (Å²) < 4.78 is 6.17. The van der Waals surface area contributed by atoms with Gasteiger partial charge in [-0.15, -0.1) is 0 Å². The molecule has 126 valence electrons. The molecule has 1 aromatic carbocycles. The molecular formula is C21H20N2O2. The summed E-state index contributed by atoms with van der Waals surface area (Å²) in [6.45, 7) is 0.738. The zero-order chi connectivity index (χ0) is 17.4. The van der Waals surface area contributed by atoms with Crippen LogP contribution in [-0.2, 0) is 13.0 Å². The van der Waals surface area contributed by atoms with Crippen LogP contribution in [0.5, 0.6) is 0 Å². The summed E-state index contributed by atoms with van der Waals surface area (Å²) in [5.41, 5.74) is 5.16. The van der Waals surface area contributed by atoms with Gasteiger partial charge in [-0.3, -0.25) is 9.78 Å². The van der Waals surface area contributed by atoms with Gasteiger partial charge in [-0.05, 0) is 49.8 Å². The van der Waals surface area contributed by atoms with Gasteiger partial charge in [-0.25, -0.2) is 0 Å². The predicted octanol–water partition coefficient (Wildman–Crippen LogP) is 4.20. The standard InChI is InChI=1S/C21H20N2O2/c1-23(2)13-17-12-19(21(25-17)14-7-9-22-10-8-14)16-3-5-18-15(11-16)4-6-20(18)24/h3,5,7-12H,4,6,13H2,1-2H3. The molecule has 0 unspecified atom stereocenters. The molecule has 4 rings (SSSR count). The maximum absolute atomic E-state index is 11.9. The summed E-state index contributed by atoms with van der Waals surface area (Å²) in [6.07, 6.45) is 4.99. The van der Waals surface area contributed by atoms with Crippen molar-refractivity contribution in [3.8, 4) is 22.5 Å². The van der Waals surface area contributed by atoms with Crippen molar-refractivity contribution in [3.05, 3.63) is 65.7 Å². The Balaban J connectivity index is 1.83. The van der Waals surface area contributed by atoms with E-state index in [1.165, 1.54) is 0 Å². The summed E-state index contributed by atoms with van der Waals surface area (Å²) >= 11 is 0. The number of hydrogen-bond donors (Lipinski definition) is 0. The zero-order valence-electron chi connectivity index (χ0n) is 14.5. The van der Waals surface area contributed by atoms with Crippen LogP contribution in [0.1, 0.15) is 28.1 Å². The van der Waals surface area contributed by atoms with Crippen LogP contribution in [0.4, 0.5) is 0 Å². The Bertz CT molecular complexity index is 926. The average molecular weight is 332 g/mol. The highest BCUT2D eigenvalue weighted by atomic mass is 16.3. The molecule has 0 amide bonds. The molecule has 0 bridgehead atoms. The van der Waals surface area contributed by atoms with Crippen molar-refractivity contribution in [1.82, 2.24) is 9.88 Å². The minimum atomic E-state index is 0.247. The van der Waals surface area contributed by atoms with E-state index in [9.17, 15) is 4.79 Å². The first-order chi connectivity index (χ1) is 12.1. The minimum absolute atomic E-state index is 0.247. The van der Waals surface area contributed by atoms with Crippen LogP contribution in [-0.4, -0.2) is 29.8 Å². The molecule has 25 heavy (non-hydrogen) atoms. The fraction of sp³-hybridized carbons (Fsp3) is 0.238. The van der Waals surface area contributed by atoms with E-state index in [1.54, 1.807) is 12.4 Å². The number of rotatable bonds is 4. The number of ketones is 1. The summed E-state index contributed by atoms with van der Waals surface area (Å²) in [7, 11) is 4.05. The van der Waals surface area contributed by atoms with Gasteiger partial charge in [0, 0.05) is 35.5 Å². The lowest BCUT2D eigenvalue weighted by Crippen LogP contribution is -2.09. The molecule has 0 spiro atoms. The second kappa shape index (κ2) is 6.30. The third-order valence-electron chi connectivity index (χ3n) is 4.54. The SMILES string of the molecule is CN(C)Cc1cc(-c2ccc3c(c2)CCC3=O)c(-c2ccncc2)o1. The number of pyridine rings is 1. The molecule has 0 atom stereocenters. The van der Waals surface area contributed by atoms with Gasteiger partial charge in [0.25, 0.3) is 0 Å². The van der Waals surface area contributed by atoms with Crippen LogP contribution in [0.15, 0.2) is 53.2 Å². The van der Waals surface area contributed by atoms with Gasteiger partial charge >= 0.3 is 0 Å². The molecule has 0 N–H and O–H groups in total. The van der Waals surface area contributed by atoms with Gasteiger partial charge in [0.1, 0.15) is 11.5 Å². The van der Waals surface area contributed by atoms with Gasteiger partial charge in [0.05, 0.1) is 6.54 Å². The lowest BCUT2D eigenvalue weighted by molar-refractivity contribution is 0.0994. The van der Waals surface area contributed by atoms with Crippen molar-refractivity contribution in [2.75, 3.05) is 14.1 Å². The van der Waals surface area contributed by atoms with E-state index in [0.717, 1.165) is 52.3 Å². The smallest absolute Gasteiger partial charge is 0.163 e. The predicted molar refractivity (Wildman–Crippen MR) is 97.4 cm³/mol. The Hall–Kier alpha value is -2.72. The third kappa shape index (κ3) is 3.01. The molecular weight excluding hydrogens is 312 g/mol. The first kappa shape index (κ1) is 15.8. The molecule has 2 heterocycles. The fourth-order valence-corrected chi connectivity index (χ4v) is 3.39. The quantitative estimate of drug-likeness (QED) is 0.718. The summed E-state index contributed by atoms with van der Waals surface area (Å²) in [5, 5.41) is 0. The highest BCUT2D eigenvalue weighted by molar-refractivity contribution is 6.01. The van der Waals surface area contributed by atoms with Gasteiger partial charge < -0.3 is 9.32 Å². The van der Waals surface area contributed by atoms with Crippen LogP contribution in [0.2, 0.25) is 0 Å². The highest BCUT2D eigenvalue weighted by Gasteiger charge is 2.21. The first-order valence-electron chi connectivity index (χ1n) is 8.46. The van der Waals surface area contributed by atoms with Crippen LogP contribution < -0.4 is 0 Å². The van der Waals surface area contributed by atoms with Gasteiger partial charge in [-0.2, -0.15) is 0 Å². The normalized spacial score (nSPS) is 13.5. The molecule has 0 fully saturated rings. The second-order valence-electron chi connectivity index (χ2n) is 6.72. The van der Waals surface area contributed by atoms with E-state index in [1.807, 2.05) is 38.4 Å². The Labute approximate surface area is 147 Å². The van der Waals surface area contributed by atoms with Crippen molar-refractivity contribution in [2.24, 2.45) is 0 Å². The number of carbonyl (C=O) groups is 1. The molecule has 0 saturated carbocycles.